The lowest BCUT2D eigenvalue weighted by atomic mass is 10.3. The Bertz CT molecular complexity index is 171. The third-order valence-electron chi connectivity index (χ3n) is 1.84. The van der Waals surface area contributed by atoms with Crippen molar-refractivity contribution in [3.8, 4) is 0 Å². The highest BCUT2D eigenvalue weighted by molar-refractivity contribution is 5.71. The van der Waals surface area contributed by atoms with E-state index in [0.717, 1.165) is 12.8 Å². The molecule has 2 atom stereocenters. The minimum absolute atomic E-state index is 0.0143. The topological polar surface area (TPSA) is 76.0 Å². The predicted molar refractivity (Wildman–Crippen MR) is 54.8 cm³/mol. The molecule has 0 fully saturated rings. The van der Waals surface area contributed by atoms with Gasteiger partial charge in [-0.3, -0.25) is 0 Å². The van der Waals surface area contributed by atoms with Crippen molar-refractivity contribution in [1.29, 1.82) is 0 Å². The zero-order chi connectivity index (χ0) is 11.7. The van der Waals surface area contributed by atoms with Gasteiger partial charge in [0.05, 0.1) is 13.2 Å². The Morgan fingerprint density at radius 2 is 2.07 bits per heavy atom. The van der Waals surface area contributed by atoms with Crippen LogP contribution in [0.4, 0.5) is 0 Å². The van der Waals surface area contributed by atoms with Gasteiger partial charge in [0.1, 0.15) is 6.10 Å². The first kappa shape index (κ1) is 14.3. The van der Waals surface area contributed by atoms with Gasteiger partial charge >= 0.3 is 5.97 Å². The lowest BCUT2D eigenvalue weighted by Gasteiger charge is -2.13. The van der Waals surface area contributed by atoms with Gasteiger partial charge in [0.2, 0.25) is 0 Å². The summed E-state index contributed by atoms with van der Waals surface area (Å²) >= 11 is 0. The van der Waals surface area contributed by atoms with Crippen LogP contribution in [0.3, 0.4) is 0 Å². The van der Waals surface area contributed by atoms with Crippen molar-refractivity contribution in [2.75, 3.05) is 19.8 Å². The Morgan fingerprint density at radius 1 is 1.40 bits per heavy atom. The highest BCUT2D eigenvalue weighted by atomic mass is 16.5. The predicted octanol–water partition coefficient (Wildman–Crippen LogP) is 0.654. The van der Waals surface area contributed by atoms with Crippen molar-refractivity contribution in [1.82, 2.24) is 0 Å². The smallest absolute Gasteiger partial charge is 0.332 e. The molecule has 0 spiro atoms. The second-order valence-corrected chi connectivity index (χ2v) is 3.40. The molecule has 0 bridgehead atoms. The Labute approximate surface area is 90.0 Å². The van der Waals surface area contributed by atoms with Gasteiger partial charge in [-0.1, -0.05) is 13.3 Å². The summed E-state index contributed by atoms with van der Waals surface area (Å²) in [4.78, 5) is 10.4. The molecule has 0 amide bonds. The Morgan fingerprint density at radius 3 is 2.60 bits per heavy atom. The zero-order valence-electron chi connectivity index (χ0n) is 9.31. The van der Waals surface area contributed by atoms with Crippen LogP contribution in [0.25, 0.3) is 0 Å². The van der Waals surface area contributed by atoms with Crippen LogP contribution in [0.15, 0.2) is 0 Å². The average molecular weight is 220 g/mol. The number of carboxylic acids is 1. The van der Waals surface area contributed by atoms with Crippen LogP contribution in [-0.4, -0.2) is 48.2 Å². The molecule has 0 aliphatic rings. The Balaban J connectivity index is 3.40. The first-order chi connectivity index (χ1) is 7.07. The number of unbranched alkanes of at least 4 members (excludes halogenated alkanes) is 1. The summed E-state index contributed by atoms with van der Waals surface area (Å²) in [6.45, 7) is 4.26. The summed E-state index contributed by atoms with van der Waals surface area (Å²) in [5.74, 6) is -1.03. The van der Waals surface area contributed by atoms with Gasteiger partial charge in [-0.15, -0.1) is 0 Å². The maximum Gasteiger partial charge on any atom is 0.332 e. The maximum absolute atomic E-state index is 10.4. The van der Waals surface area contributed by atoms with Gasteiger partial charge in [-0.25, -0.2) is 4.79 Å². The molecule has 90 valence electrons. The van der Waals surface area contributed by atoms with Gasteiger partial charge in [0.15, 0.2) is 6.10 Å². The average Bonchev–Trinajstić information content (AvgIpc) is 2.20. The summed E-state index contributed by atoms with van der Waals surface area (Å²) in [5, 5.41) is 17.8. The molecule has 5 nitrogen and oxygen atoms in total. The van der Waals surface area contributed by atoms with Crippen LogP contribution in [0.2, 0.25) is 0 Å². The summed E-state index contributed by atoms with van der Waals surface area (Å²) in [5.41, 5.74) is 0. The van der Waals surface area contributed by atoms with Crippen molar-refractivity contribution in [3.63, 3.8) is 0 Å². The maximum atomic E-state index is 10.4. The van der Waals surface area contributed by atoms with E-state index < -0.39 is 18.2 Å². The minimum atomic E-state index is -1.03. The number of carboxylic acid groups (broad SMARTS) is 1. The van der Waals surface area contributed by atoms with E-state index in [9.17, 15) is 9.90 Å². The van der Waals surface area contributed by atoms with Gasteiger partial charge in [0.25, 0.3) is 0 Å². The van der Waals surface area contributed by atoms with E-state index in [0.29, 0.717) is 6.61 Å². The van der Waals surface area contributed by atoms with Gasteiger partial charge in [0, 0.05) is 6.61 Å². The Hall–Kier alpha value is -0.650. The number of rotatable bonds is 9. The van der Waals surface area contributed by atoms with Crippen molar-refractivity contribution in [3.05, 3.63) is 0 Å². The van der Waals surface area contributed by atoms with Gasteiger partial charge in [-0.05, 0) is 13.3 Å². The minimum Gasteiger partial charge on any atom is -0.479 e. The number of hydrogen-bond donors (Lipinski definition) is 2. The summed E-state index contributed by atoms with van der Waals surface area (Å²) in [6.07, 6.45) is 0.348. The molecule has 2 unspecified atom stereocenters. The molecular weight excluding hydrogens is 200 g/mol. The van der Waals surface area contributed by atoms with E-state index in [1.54, 1.807) is 0 Å². The highest BCUT2D eigenvalue weighted by Crippen LogP contribution is 1.95. The normalized spacial score (nSPS) is 14.9. The summed E-state index contributed by atoms with van der Waals surface area (Å²) in [7, 11) is 0. The molecule has 0 saturated heterocycles. The standard InChI is InChI=1S/C10H20O5/c1-3-4-5-14-6-9(11)7-15-8(2)10(12)13/h8-9,11H,3-7H2,1-2H3,(H,12,13). The van der Waals surface area contributed by atoms with Crippen LogP contribution in [-0.2, 0) is 14.3 Å². The van der Waals surface area contributed by atoms with Crippen molar-refractivity contribution in [2.45, 2.75) is 38.9 Å². The lowest BCUT2D eigenvalue weighted by molar-refractivity contribution is -0.151. The quantitative estimate of drug-likeness (QED) is 0.558. The molecule has 0 aromatic carbocycles. The first-order valence-corrected chi connectivity index (χ1v) is 5.18. The molecule has 0 saturated carbocycles. The van der Waals surface area contributed by atoms with E-state index >= 15 is 0 Å². The molecule has 0 aromatic rings. The molecule has 0 radical (unpaired) electrons. The number of aliphatic hydroxyl groups is 1. The zero-order valence-corrected chi connectivity index (χ0v) is 9.31. The monoisotopic (exact) mass is 220 g/mol. The molecule has 0 aliphatic heterocycles. The second kappa shape index (κ2) is 8.64. The number of hydrogen-bond acceptors (Lipinski definition) is 4. The highest BCUT2D eigenvalue weighted by Gasteiger charge is 2.13. The number of ether oxygens (including phenoxy) is 2. The third kappa shape index (κ3) is 8.35. The molecular formula is C10H20O5. The fourth-order valence-electron chi connectivity index (χ4n) is 0.841. The number of aliphatic hydroxyl groups excluding tert-OH is 1. The fraction of sp³-hybridized carbons (Fsp3) is 0.900. The summed E-state index contributed by atoms with van der Waals surface area (Å²) in [6, 6.07) is 0. The van der Waals surface area contributed by atoms with Crippen LogP contribution in [0, 0.1) is 0 Å². The first-order valence-electron chi connectivity index (χ1n) is 5.18. The number of aliphatic carboxylic acids is 1. The molecule has 2 N–H and O–H groups in total. The summed E-state index contributed by atoms with van der Waals surface area (Å²) < 4.78 is 10.0. The van der Waals surface area contributed by atoms with E-state index in [4.69, 9.17) is 14.6 Å². The van der Waals surface area contributed by atoms with E-state index in [1.165, 1.54) is 6.92 Å². The van der Waals surface area contributed by atoms with E-state index in [2.05, 4.69) is 6.92 Å². The fourth-order valence-corrected chi connectivity index (χ4v) is 0.841. The lowest BCUT2D eigenvalue weighted by Crippen LogP contribution is -2.28. The van der Waals surface area contributed by atoms with Crippen molar-refractivity contribution >= 4 is 5.97 Å². The van der Waals surface area contributed by atoms with E-state index in [-0.39, 0.29) is 13.2 Å². The van der Waals surface area contributed by atoms with Crippen LogP contribution < -0.4 is 0 Å². The molecule has 0 heterocycles. The van der Waals surface area contributed by atoms with Crippen LogP contribution in [0.1, 0.15) is 26.7 Å². The molecule has 0 rings (SSSR count). The Kier molecular flexibility index (Phi) is 8.27. The van der Waals surface area contributed by atoms with Gasteiger partial charge < -0.3 is 19.7 Å². The van der Waals surface area contributed by atoms with Gasteiger partial charge in [-0.2, -0.15) is 0 Å². The molecule has 0 aromatic heterocycles. The van der Waals surface area contributed by atoms with Crippen LogP contribution in [0.5, 0.6) is 0 Å². The van der Waals surface area contributed by atoms with Crippen molar-refractivity contribution in [2.24, 2.45) is 0 Å². The molecule has 15 heavy (non-hydrogen) atoms. The van der Waals surface area contributed by atoms with Crippen LogP contribution >= 0.6 is 0 Å². The van der Waals surface area contributed by atoms with E-state index in [1.807, 2.05) is 0 Å². The largest absolute Gasteiger partial charge is 0.479 e. The third-order valence-corrected chi connectivity index (χ3v) is 1.84. The second-order valence-electron chi connectivity index (χ2n) is 3.40. The number of carbonyl (C=O) groups is 1. The molecule has 5 heteroatoms. The van der Waals surface area contributed by atoms with Crippen molar-refractivity contribution < 1.29 is 24.5 Å². The molecule has 0 aliphatic carbocycles. The SMILES string of the molecule is CCCCOCC(O)COC(C)C(=O)O.